The molecule has 0 aliphatic heterocycles. The van der Waals surface area contributed by atoms with Crippen LogP contribution in [0.5, 0.6) is 0 Å². The van der Waals surface area contributed by atoms with Gasteiger partial charge in [-0.3, -0.25) is 0 Å². The molecule has 4 aromatic carbocycles. The fourth-order valence-corrected chi connectivity index (χ4v) is 11.3. The molecule has 0 aliphatic carbocycles. The minimum atomic E-state index is -5.09. The zero-order valence-corrected chi connectivity index (χ0v) is 20.9. The molecule has 0 radical (unpaired) electrons. The topological polar surface area (TPSA) is 57.2 Å². The van der Waals surface area contributed by atoms with E-state index in [0.29, 0.717) is 12.1 Å². The van der Waals surface area contributed by atoms with Crippen LogP contribution in [0.15, 0.2) is 120 Å². The molecule has 0 aliphatic rings. The molecule has 0 fully saturated rings. The van der Waals surface area contributed by atoms with Gasteiger partial charge in [0.15, 0.2) is 0 Å². The van der Waals surface area contributed by atoms with E-state index in [9.17, 15) is 26.1 Å². The van der Waals surface area contributed by atoms with Gasteiger partial charge in [-0.2, -0.15) is 13.2 Å². The van der Waals surface area contributed by atoms with Gasteiger partial charge < -0.3 is 4.55 Å². The van der Waals surface area contributed by atoms with Gasteiger partial charge in [0.25, 0.3) is 0 Å². The summed E-state index contributed by atoms with van der Waals surface area (Å²) in [6.07, 6.45) is -4.84. The van der Waals surface area contributed by atoms with Crippen molar-refractivity contribution in [1.29, 1.82) is 0 Å². The van der Waals surface area contributed by atoms with Gasteiger partial charge >= 0.3 is 128 Å². The Labute approximate surface area is 198 Å². The number of rotatable bonds is 4. The molecule has 0 amide bonds. The van der Waals surface area contributed by atoms with Crippen LogP contribution in [0.4, 0.5) is 13.2 Å². The molecule has 0 saturated carbocycles. The van der Waals surface area contributed by atoms with Crippen LogP contribution < -0.4 is 10.7 Å². The molecule has 4 rings (SSSR count). The summed E-state index contributed by atoms with van der Waals surface area (Å²) < 4.78 is 72.5. The number of hydrogen-bond donors (Lipinski definition) is 0. The summed E-state index contributed by atoms with van der Waals surface area (Å²) in [6.45, 7) is 0. The monoisotopic (exact) mass is 576 g/mol. The van der Waals surface area contributed by atoms with E-state index in [4.69, 9.17) is 0 Å². The van der Waals surface area contributed by atoms with Crippen LogP contribution in [0.1, 0.15) is 5.56 Å². The molecule has 3 nitrogen and oxygen atoms in total. The van der Waals surface area contributed by atoms with Crippen molar-refractivity contribution in [1.82, 2.24) is 0 Å². The molecular formula is C25H19F3O3SSn. The van der Waals surface area contributed by atoms with E-state index in [2.05, 4.69) is 91.0 Å². The summed E-state index contributed by atoms with van der Waals surface area (Å²) in [5, 5.41) is 0. The van der Waals surface area contributed by atoms with E-state index in [1.165, 1.54) is 10.7 Å². The third kappa shape index (κ3) is 6.93. The van der Waals surface area contributed by atoms with Crippen molar-refractivity contribution < 1.29 is 26.1 Å². The Morgan fingerprint density at radius 2 is 0.909 bits per heavy atom. The fraction of sp³-hybridized carbons (Fsp3) is 0.0400. The van der Waals surface area contributed by atoms with E-state index in [1.807, 2.05) is 0 Å². The first-order valence-corrected chi connectivity index (χ1v) is 15.5. The zero-order valence-electron chi connectivity index (χ0n) is 17.2. The maximum atomic E-state index is 12.2. The van der Waals surface area contributed by atoms with Crippen LogP contribution in [0.3, 0.4) is 0 Å². The summed E-state index contributed by atoms with van der Waals surface area (Å²) in [7, 11) is -5.09. The molecule has 0 aromatic heterocycles. The molecule has 0 saturated heterocycles. The Hall–Kier alpha value is -2.62. The van der Waals surface area contributed by atoms with E-state index in [0.717, 1.165) is 12.1 Å². The predicted octanol–water partition coefficient (Wildman–Crippen LogP) is 3.81. The van der Waals surface area contributed by atoms with Gasteiger partial charge in [-0.25, -0.2) is 8.42 Å². The van der Waals surface area contributed by atoms with E-state index in [1.54, 1.807) is 0 Å². The number of alkyl halides is 3. The number of benzene rings is 4. The number of hydrogen-bond acceptors (Lipinski definition) is 3. The SMILES string of the molecule is O=S(=O)([O-])c1ccccc1C(F)(F)F.c1cc[c]([Sn+]([c]2ccccc2)[c]2ccccc2)cc1. The molecule has 4 aromatic rings. The normalized spacial score (nSPS) is 11.3. The maximum absolute atomic E-state index is 12.2. The molecule has 0 heterocycles. The van der Waals surface area contributed by atoms with Crippen molar-refractivity contribution in [3.8, 4) is 0 Å². The van der Waals surface area contributed by atoms with Crippen LogP contribution in [-0.4, -0.2) is 32.7 Å². The average molecular weight is 575 g/mol. The van der Waals surface area contributed by atoms with Gasteiger partial charge in [0.2, 0.25) is 0 Å². The molecule has 33 heavy (non-hydrogen) atoms. The summed E-state index contributed by atoms with van der Waals surface area (Å²) in [6, 6.07) is 36.2. The standard InChI is InChI=1S/C7H5F3O3S.3C6H5.Sn/c8-7(9,10)5-3-1-2-4-6(5)14(11,12)13;3*1-2-4-6-5-3-1;/h1-4H,(H,11,12,13);3*1-5H;/q;;;;+1/p-1. The van der Waals surface area contributed by atoms with Crippen molar-refractivity contribution in [3.05, 3.63) is 121 Å². The fourth-order valence-electron chi connectivity index (χ4n) is 3.23. The second kappa shape index (κ2) is 11.0. The molecule has 0 unspecified atom stereocenters. The second-order valence-electron chi connectivity index (χ2n) is 6.92. The van der Waals surface area contributed by atoms with Crippen molar-refractivity contribution in [3.63, 3.8) is 0 Å². The quantitative estimate of drug-likeness (QED) is 0.275. The third-order valence-corrected chi connectivity index (χ3v) is 13.3. The van der Waals surface area contributed by atoms with Crippen LogP contribution in [0, 0.1) is 0 Å². The van der Waals surface area contributed by atoms with Crippen molar-refractivity contribution in [2.45, 2.75) is 11.1 Å². The zero-order chi connectivity index (χ0) is 23.9. The number of halogens is 3. The molecule has 0 N–H and O–H groups in total. The van der Waals surface area contributed by atoms with Gasteiger partial charge in [-0.1, -0.05) is 12.1 Å². The molecule has 0 spiro atoms. The van der Waals surface area contributed by atoms with Gasteiger partial charge in [0.05, 0.1) is 10.5 Å². The Morgan fingerprint density at radius 1 is 0.576 bits per heavy atom. The first-order valence-electron chi connectivity index (χ1n) is 9.83. The minimum absolute atomic E-state index is 0.546. The van der Waals surface area contributed by atoms with Crippen molar-refractivity contribution >= 4 is 40.6 Å². The Bertz CT molecular complexity index is 1170. The Kier molecular flexibility index (Phi) is 8.34. The van der Waals surface area contributed by atoms with Crippen LogP contribution in [0.2, 0.25) is 0 Å². The van der Waals surface area contributed by atoms with Crippen LogP contribution >= 0.6 is 0 Å². The first-order chi connectivity index (χ1) is 15.7. The molecular weight excluding hydrogens is 556 g/mol. The van der Waals surface area contributed by atoms with Crippen molar-refractivity contribution in [2.75, 3.05) is 0 Å². The summed E-state index contributed by atoms with van der Waals surface area (Å²) in [5.74, 6) is 0. The third-order valence-electron chi connectivity index (χ3n) is 4.65. The van der Waals surface area contributed by atoms with Crippen molar-refractivity contribution in [2.24, 2.45) is 0 Å². The van der Waals surface area contributed by atoms with E-state index < -0.39 is 46.5 Å². The second-order valence-corrected chi connectivity index (χ2v) is 15.4. The van der Waals surface area contributed by atoms with E-state index in [-0.39, 0.29) is 0 Å². The van der Waals surface area contributed by atoms with E-state index >= 15 is 0 Å². The van der Waals surface area contributed by atoms with Crippen LogP contribution in [0.25, 0.3) is 0 Å². The van der Waals surface area contributed by atoms with Crippen LogP contribution in [-0.2, 0) is 16.3 Å². The Morgan fingerprint density at radius 3 is 1.21 bits per heavy atom. The molecule has 0 bridgehead atoms. The molecule has 0 atom stereocenters. The Balaban J connectivity index is 0.000000196. The summed E-state index contributed by atoms with van der Waals surface area (Å²) >= 11 is -1.98. The first kappa shape index (κ1) is 25.0. The predicted molar refractivity (Wildman–Crippen MR) is 123 cm³/mol. The molecule has 168 valence electrons. The van der Waals surface area contributed by atoms with Gasteiger partial charge in [-0.05, 0) is 12.1 Å². The average Bonchev–Trinajstić information content (AvgIpc) is 2.81. The van der Waals surface area contributed by atoms with Gasteiger partial charge in [0.1, 0.15) is 10.1 Å². The molecule has 8 heteroatoms. The van der Waals surface area contributed by atoms with Gasteiger partial charge in [0, 0.05) is 0 Å². The summed E-state index contributed by atoms with van der Waals surface area (Å²) in [5.41, 5.74) is -1.44. The van der Waals surface area contributed by atoms with Gasteiger partial charge in [-0.15, -0.1) is 0 Å². The summed E-state index contributed by atoms with van der Waals surface area (Å²) in [4.78, 5) is -1.24.